The molecule has 0 bridgehead atoms. The number of aromatic nitrogens is 1. The van der Waals surface area contributed by atoms with E-state index in [2.05, 4.69) is 33.2 Å². The van der Waals surface area contributed by atoms with Crippen LogP contribution in [0.25, 0.3) is 0 Å². The molecule has 2 fully saturated rings. The van der Waals surface area contributed by atoms with Crippen molar-refractivity contribution in [2.75, 3.05) is 11.9 Å². The Bertz CT molecular complexity index is 745. The number of rotatable bonds is 5. The molecule has 1 aromatic heterocycles. The lowest BCUT2D eigenvalue weighted by Crippen LogP contribution is -2.46. The third kappa shape index (κ3) is 3.56. The molecule has 6 nitrogen and oxygen atoms in total. The van der Waals surface area contributed by atoms with Gasteiger partial charge in [-0.1, -0.05) is 20.3 Å². The summed E-state index contributed by atoms with van der Waals surface area (Å²) >= 11 is 3.03. The highest BCUT2D eigenvalue weighted by molar-refractivity contribution is 9.10. The zero-order valence-corrected chi connectivity index (χ0v) is 16.7. The highest BCUT2D eigenvalue weighted by Crippen LogP contribution is 2.59. The minimum atomic E-state index is -0.599. The van der Waals surface area contributed by atoms with Crippen molar-refractivity contribution in [2.45, 2.75) is 58.5 Å². The number of anilines is 1. The molecule has 0 aromatic carbocycles. The van der Waals surface area contributed by atoms with Gasteiger partial charge in [-0.2, -0.15) is 0 Å². The summed E-state index contributed by atoms with van der Waals surface area (Å²) in [5.41, 5.74) is 0.489. The summed E-state index contributed by atoms with van der Waals surface area (Å²) in [5.74, 6) is -0.524. The minimum Gasteiger partial charge on any atom is -0.449 e. The van der Waals surface area contributed by atoms with E-state index in [1.165, 1.54) is 6.07 Å². The Balaban J connectivity index is 1.73. The number of nitrogens with zero attached hydrogens (tertiary/aromatic N) is 2. The predicted octanol–water partition coefficient (Wildman–Crippen LogP) is 4.02. The first kappa shape index (κ1) is 19.1. The number of likely N-dealkylation sites (tertiary alicyclic amines) is 1. The lowest BCUT2D eigenvalue weighted by molar-refractivity contribution is -0.120. The lowest BCUT2D eigenvalue weighted by atomic mass is 10.0. The Morgan fingerprint density at radius 2 is 2.23 bits per heavy atom. The Kier molecular flexibility index (Phi) is 5.23. The van der Waals surface area contributed by atoms with Gasteiger partial charge < -0.3 is 10.1 Å². The van der Waals surface area contributed by atoms with Crippen LogP contribution in [0.1, 0.15) is 45.1 Å². The Morgan fingerprint density at radius 3 is 2.92 bits per heavy atom. The molecule has 3 rings (SSSR count). The van der Waals surface area contributed by atoms with E-state index < -0.39 is 18.0 Å². The van der Waals surface area contributed by atoms with Crippen LogP contribution in [0, 0.1) is 18.2 Å². The third-order valence-electron chi connectivity index (χ3n) is 5.24. The van der Waals surface area contributed by atoms with Crippen LogP contribution in [-0.2, 0) is 9.53 Å². The smallest absolute Gasteiger partial charge is 0.410 e. The second kappa shape index (κ2) is 7.13. The van der Waals surface area contributed by atoms with Crippen LogP contribution in [0.4, 0.5) is 15.0 Å². The molecule has 142 valence electrons. The molecule has 3 unspecified atom stereocenters. The number of ether oxygens (including phenoxy) is 1. The number of fused-ring (bicyclic) bond motifs is 1. The fourth-order valence-corrected chi connectivity index (χ4v) is 3.82. The van der Waals surface area contributed by atoms with E-state index in [4.69, 9.17) is 4.74 Å². The molecule has 2 heterocycles. The number of piperidine rings is 1. The molecule has 1 aromatic rings. The predicted molar refractivity (Wildman–Crippen MR) is 98.3 cm³/mol. The molecule has 26 heavy (non-hydrogen) atoms. The van der Waals surface area contributed by atoms with Crippen LogP contribution in [0.5, 0.6) is 0 Å². The number of unbranched alkanes of at least 4 members (excludes halogenated alkanes) is 1. The van der Waals surface area contributed by atoms with E-state index in [9.17, 15) is 14.0 Å². The van der Waals surface area contributed by atoms with Gasteiger partial charge in [-0.3, -0.25) is 9.69 Å². The maximum absolute atomic E-state index is 13.5. The molecule has 2 aliphatic rings. The topological polar surface area (TPSA) is 71.5 Å². The van der Waals surface area contributed by atoms with Crippen molar-refractivity contribution < 1.29 is 18.7 Å². The summed E-state index contributed by atoms with van der Waals surface area (Å²) in [7, 11) is 0. The van der Waals surface area contributed by atoms with E-state index in [0.29, 0.717) is 18.6 Å². The third-order valence-corrected chi connectivity index (χ3v) is 5.79. The summed E-state index contributed by atoms with van der Waals surface area (Å²) in [6, 6.07) is 0.746. The largest absolute Gasteiger partial charge is 0.449 e. The molecule has 0 radical (unpaired) electrons. The SMILES string of the molecule is CCCCOC(=O)N1C(C(=O)Nc2nc(Br)c(F)cc2C)CC2(C)CC12. The Morgan fingerprint density at radius 1 is 1.50 bits per heavy atom. The zero-order valence-electron chi connectivity index (χ0n) is 15.1. The van der Waals surface area contributed by atoms with E-state index in [1.54, 1.807) is 11.8 Å². The number of amides is 2. The fraction of sp³-hybridized carbons (Fsp3) is 0.611. The van der Waals surface area contributed by atoms with Gasteiger partial charge in [0.15, 0.2) is 5.82 Å². The Hall–Kier alpha value is -1.70. The first-order valence-electron chi connectivity index (χ1n) is 8.85. The highest BCUT2D eigenvalue weighted by atomic mass is 79.9. The molecule has 3 atom stereocenters. The van der Waals surface area contributed by atoms with Crippen molar-refractivity contribution in [3.05, 3.63) is 22.1 Å². The van der Waals surface area contributed by atoms with Crippen molar-refractivity contribution in [1.29, 1.82) is 0 Å². The summed E-state index contributed by atoms with van der Waals surface area (Å²) in [6.45, 7) is 6.13. The van der Waals surface area contributed by atoms with Gasteiger partial charge in [-0.25, -0.2) is 14.2 Å². The highest BCUT2D eigenvalue weighted by Gasteiger charge is 2.65. The number of carbonyl (C=O) groups excluding carboxylic acids is 2. The normalized spacial score (nSPS) is 26.4. The number of halogens is 2. The van der Waals surface area contributed by atoms with Gasteiger partial charge >= 0.3 is 6.09 Å². The van der Waals surface area contributed by atoms with E-state index in [1.807, 2.05) is 6.92 Å². The number of aryl methyl sites for hydroxylation is 1. The standard InChI is InChI=1S/C18H23BrFN3O3/c1-4-5-6-26-17(25)23-12(8-18(3)9-13(18)23)16(24)22-15-10(2)7-11(20)14(19)21-15/h7,12-13H,4-6,8-9H2,1-3H3,(H,21,22,24). The molecule has 0 spiro atoms. The maximum Gasteiger partial charge on any atom is 0.410 e. The molecular formula is C18H23BrFN3O3. The molecule has 1 saturated heterocycles. The van der Waals surface area contributed by atoms with E-state index >= 15 is 0 Å². The molecule has 1 saturated carbocycles. The molecule has 1 N–H and O–H groups in total. The quantitative estimate of drug-likeness (QED) is 0.568. The van der Waals surface area contributed by atoms with E-state index in [-0.39, 0.29) is 27.8 Å². The summed E-state index contributed by atoms with van der Waals surface area (Å²) in [6.07, 6.45) is 2.77. The van der Waals surface area contributed by atoms with Gasteiger partial charge in [-0.15, -0.1) is 0 Å². The van der Waals surface area contributed by atoms with Crippen LogP contribution in [0.2, 0.25) is 0 Å². The second-order valence-electron chi connectivity index (χ2n) is 7.38. The van der Waals surface area contributed by atoms with Crippen molar-refractivity contribution in [1.82, 2.24) is 9.88 Å². The van der Waals surface area contributed by atoms with Crippen molar-refractivity contribution in [3.8, 4) is 0 Å². The first-order valence-corrected chi connectivity index (χ1v) is 9.64. The number of hydrogen-bond donors (Lipinski definition) is 1. The van der Waals surface area contributed by atoms with Crippen molar-refractivity contribution >= 4 is 33.7 Å². The van der Waals surface area contributed by atoms with Crippen LogP contribution >= 0.6 is 15.9 Å². The maximum atomic E-state index is 13.5. The zero-order chi connectivity index (χ0) is 19.1. The molecule has 1 aliphatic heterocycles. The molecule has 8 heteroatoms. The van der Waals surface area contributed by atoms with E-state index in [0.717, 1.165) is 19.3 Å². The van der Waals surface area contributed by atoms with Crippen molar-refractivity contribution in [3.63, 3.8) is 0 Å². The summed E-state index contributed by atoms with van der Waals surface area (Å²) in [5, 5.41) is 2.73. The van der Waals surface area contributed by atoms with Crippen LogP contribution in [0.15, 0.2) is 10.7 Å². The number of pyridine rings is 1. The second-order valence-corrected chi connectivity index (χ2v) is 8.14. The first-order chi connectivity index (χ1) is 12.3. The fourth-order valence-electron chi connectivity index (χ4n) is 3.53. The average molecular weight is 428 g/mol. The number of hydrogen-bond acceptors (Lipinski definition) is 4. The van der Waals surface area contributed by atoms with Gasteiger partial charge in [0.05, 0.1) is 6.61 Å². The number of carbonyl (C=O) groups is 2. The van der Waals surface area contributed by atoms with Crippen molar-refractivity contribution in [2.24, 2.45) is 5.41 Å². The molecular weight excluding hydrogens is 405 g/mol. The van der Waals surface area contributed by atoms with Gasteiger partial charge in [0, 0.05) is 6.04 Å². The monoisotopic (exact) mass is 427 g/mol. The van der Waals surface area contributed by atoms with Crippen LogP contribution in [-0.4, -0.2) is 40.6 Å². The number of nitrogens with one attached hydrogen (secondary N) is 1. The minimum absolute atomic E-state index is 0.0301. The van der Waals surface area contributed by atoms with Gasteiger partial charge in [-0.05, 0) is 59.2 Å². The van der Waals surface area contributed by atoms with Crippen LogP contribution < -0.4 is 5.32 Å². The van der Waals surface area contributed by atoms with Gasteiger partial charge in [0.25, 0.3) is 0 Å². The Labute approximate surface area is 160 Å². The van der Waals surface area contributed by atoms with Gasteiger partial charge in [0.1, 0.15) is 16.5 Å². The average Bonchev–Trinajstić information content (AvgIpc) is 3.13. The molecule has 1 aliphatic carbocycles. The van der Waals surface area contributed by atoms with Gasteiger partial charge in [0.2, 0.25) is 5.91 Å². The lowest BCUT2D eigenvalue weighted by Gasteiger charge is -2.26. The summed E-state index contributed by atoms with van der Waals surface area (Å²) in [4.78, 5) is 30.9. The molecule has 2 amide bonds. The summed E-state index contributed by atoms with van der Waals surface area (Å²) < 4.78 is 18.9. The van der Waals surface area contributed by atoms with Crippen LogP contribution in [0.3, 0.4) is 0 Å².